The number of nitrogens with zero attached hydrogens (tertiary/aromatic N) is 6. The number of ether oxygens (including phenoxy) is 1. The van der Waals surface area contributed by atoms with Gasteiger partial charge < -0.3 is 9.26 Å². The van der Waals surface area contributed by atoms with E-state index < -0.39 is 0 Å². The zero-order valence-electron chi connectivity index (χ0n) is 16.4. The van der Waals surface area contributed by atoms with Crippen molar-refractivity contribution in [3.05, 3.63) is 72.1 Å². The van der Waals surface area contributed by atoms with E-state index >= 15 is 0 Å². The van der Waals surface area contributed by atoms with Gasteiger partial charge in [0.2, 0.25) is 0 Å². The van der Waals surface area contributed by atoms with Crippen molar-refractivity contribution in [1.29, 1.82) is 0 Å². The van der Waals surface area contributed by atoms with Crippen LogP contribution >= 0.6 is 23.1 Å². The first kappa shape index (κ1) is 19.5. The van der Waals surface area contributed by atoms with Crippen LogP contribution in [0.5, 0.6) is 5.75 Å². The fourth-order valence-electron chi connectivity index (χ4n) is 2.96. The lowest BCUT2D eigenvalue weighted by Crippen LogP contribution is -2.00. The molecular formula is C21H16N6O2S2. The Morgan fingerprint density at radius 2 is 1.90 bits per heavy atom. The van der Waals surface area contributed by atoms with Gasteiger partial charge in [0.05, 0.1) is 17.7 Å². The highest BCUT2D eigenvalue weighted by Gasteiger charge is 2.18. The summed E-state index contributed by atoms with van der Waals surface area (Å²) < 4.78 is 12.7. The normalized spacial score (nSPS) is 11.0. The van der Waals surface area contributed by atoms with Gasteiger partial charge in [0.15, 0.2) is 16.8 Å². The molecule has 0 aliphatic carbocycles. The van der Waals surface area contributed by atoms with Crippen LogP contribution in [0.15, 0.2) is 76.0 Å². The Morgan fingerprint density at radius 3 is 2.65 bits per heavy atom. The monoisotopic (exact) mass is 448 g/mol. The SMILES string of the molecule is COc1ccc(-n2c(SCc3noc(-c4cccs4)n3)nnc2-c2ccncc2)cc1. The molecule has 154 valence electrons. The number of hydrogen-bond acceptors (Lipinski definition) is 9. The fraction of sp³-hybridized carbons (Fsp3) is 0.0952. The van der Waals surface area contributed by atoms with Crippen molar-refractivity contribution in [2.45, 2.75) is 10.9 Å². The van der Waals surface area contributed by atoms with E-state index in [0.29, 0.717) is 17.5 Å². The van der Waals surface area contributed by atoms with Gasteiger partial charge in [-0.05, 0) is 47.8 Å². The Morgan fingerprint density at radius 1 is 1.06 bits per heavy atom. The van der Waals surface area contributed by atoms with Crippen LogP contribution in [-0.4, -0.2) is 37.0 Å². The van der Waals surface area contributed by atoms with Gasteiger partial charge in [0.1, 0.15) is 5.75 Å². The summed E-state index contributed by atoms with van der Waals surface area (Å²) in [5.74, 6) is 3.13. The van der Waals surface area contributed by atoms with Crippen molar-refractivity contribution in [1.82, 2.24) is 29.9 Å². The summed E-state index contributed by atoms with van der Waals surface area (Å²) in [6.07, 6.45) is 3.47. The topological polar surface area (TPSA) is 91.8 Å². The van der Waals surface area contributed by atoms with Crippen LogP contribution in [0.25, 0.3) is 27.8 Å². The van der Waals surface area contributed by atoms with Crippen molar-refractivity contribution in [3.8, 4) is 33.6 Å². The third-order valence-corrected chi connectivity index (χ3v) is 6.22. The lowest BCUT2D eigenvalue weighted by Gasteiger charge is -2.10. The molecule has 0 radical (unpaired) electrons. The third kappa shape index (κ3) is 4.07. The molecule has 31 heavy (non-hydrogen) atoms. The predicted molar refractivity (Wildman–Crippen MR) is 118 cm³/mol. The van der Waals surface area contributed by atoms with Crippen molar-refractivity contribution >= 4 is 23.1 Å². The lowest BCUT2D eigenvalue weighted by molar-refractivity contribution is 0.414. The zero-order chi connectivity index (χ0) is 21.0. The summed E-state index contributed by atoms with van der Waals surface area (Å²) in [5.41, 5.74) is 1.84. The second-order valence-corrected chi connectivity index (χ2v) is 8.25. The lowest BCUT2D eigenvalue weighted by atomic mass is 10.2. The number of hydrogen-bond donors (Lipinski definition) is 0. The van der Waals surface area contributed by atoms with E-state index in [1.807, 2.05) is 58.5 Å². The van der Waals surface area contributed by atoms with Crippen LogP contribution < -0.4 is 4.74 Å². The van der Waals surface area contributed by atoms with Crippen LogP contribution in [0.2, 0.25) is 0 Å². The van der Waals surface area contributed by atoms with E-state index in [1.165, 1.54) is 11.8 Å². The number of rotatable bonds is 7. The van der Waals surface area contributed by atoms with E-state index in [-0.39, 0.29) is 0 Å². The highest BCUT2D eigenvalue weighted by atomic mass is 32.2. The summed E-state index contributed by atoms with van der Waals surface area (Å²) >= 11 is 3.05. The number of thioether (sulfide) groups is 1. The van der Waals surface area contributed by atoms with Crippen LogP contribution in [0.1, 0.15) is 5.82 Å². The quantitative estimate of drug-likeness (QED) is 0.330. The van der Waals surface area contributed by atoms with Gasteiger partial charge >= 0.3 is 0 Å². The molecule has 0 aliphatic heterocycles. The minimum absolute atomic E-state index is 0.500. The average Bonchev–Trinajstić information content (AvgIpc) is 3.59. The highest BCUT2D eigenvalue weighted by molar-refractivity contribution is 7.98. The highest BCUT2D eigenvalue weighted by Crippen LogP contribution is 2.30. The molecule has 0 bridgehead atoms. The molecule has 5 rings (SSSR count). The van der Waals surface area contributed by atoms with Crippen molar-refractivity contribution in [3.63, 3.8) is 0 Å². The van der Waals surface area contributed by atoms with Crippen molar-refractivity contribution in [2.75, 3.05) is 7.11 Å². The van der Waals surface area contributed by atoms with Gasteiger partial charge in [-0.25, -0.2) is 0 Å². The van der Waals surface area contributed by atoms with E-state index in [4.69, 9.17) is 9.26 Å². The molecular weight excluding hydrogens is 432 g/mol. The molecule has 0 atom stereocenters. The number of pyridine rings is 1. The number of thiophene rings is 1. The fourth-order valence-corrected chi connectivity index (χ4v) is 4.40. The first-order chi connectivity index (χ1) is 15.3. The molecule has 0 amide bonds. The van der Waals surface area contributed by atoms with E-state index in [9.17, 15) is 0 Å². The molecule has 0 spiro atoms. The third-order valence-electron chi connectivity index (χ3n) is 4.43. The summed E-state index contributed by atoms with van der Waals surface area (Å²) in [6, 6.07) is 15.5. The maximum atomic E-state index is 5.38. The molecule has 5 aromatic rings. The molecule has 0 aliphatic rings. The first-order valence-electron chi connectivity index (χ1n) is 9.31. The molecule has 1 aromatic carbocycles. The van der Waals surface area contributed by atoms with E-state index in [1.54, 1.807) is 30.8 Å². The van der Waals surface area contributed by atoms with Crippen molar-refractivity contribution < 1.29 is 9.26 Å². The Labute approximate surface area is 185 Å². The number of methoxy groups -OCH3 is 1. The van der Waals surface area contributed by atoms with E-state index in [0.717, 1.165) is 32.9 Å². The Bertz CT molecular complexity index is 1270. The van der Waals surface area contributed by atoms with Gasteiger partial charge in [-0.3, -0.25) is 9.55 Å². The Hall–Kier alpha value is -3.50. The summed E-state index contributed by atoms with van der Waals surface area (Å²) in [5, 5.41) is 15.7. The van der Waals surface area contributed by atoms with Gasteiger partial charge in [-0.2, -0.15) is 4.98 Å². The van der Waals surface area contributed by atoms with Crippen molar-refractivity contribution in [2.24, 2.45) is 0 Å². The molecule has 8 nitrogen and oxygen atoms in total. The minimum Gasteiger partial charge on any atom is -0.497 e. The second kappa shape index (κ2) is 8.70. The molecule has 0 fully saturated rings. The smallest absolute Gasteiger partial charge is 0.268 e. The molecule has 0 saturated carbocycles. The van der Waals surface area contributed by atoms with Crippen LogP contribution in [0.3, 0.4) is 0 Å². The first-order valence-corrected chi connectivity index (χ1v) is 11.2. The van der Waals surface area contributed by atoms with Crippen LogP contribution in [0.4, 0.5) is 0 Å². The number of benzene rings is 1. The zero-order valence-corrected chi connectivity index (χ0v) is 18.0. The summed E-state index contributed by atoms with van der Waals surface area (Å²) in [6.45, 7) is 0. The predicted octanol–water partition coefficient (Wildman–Crippen LogP) is 4.74. The standard InChI is InChI=1S/C21H16N6O2S2/c1-28-16-6-4-15(5-7-16)27-19(14-8-10-22-11-9-14)24-25-21(27)31-13-18-23-20(29-26-18)17-3-2-12-30-17/h2-12H,13H2,1H3. The van der Waals surface area contributed by atoms with Gasteiger partial charge in [-0.15, -0.1) is 21.5 Å². The molecule has 4 heterocycles. The number of aromatic nitrogens is 6. The maximum Gasteiger partial charge on any atom is 0.268 e. The largest absolute Gasteiger partial charge is 0.497 e. The molecule has 0 saturated heterocycles. The Kier molecular flexibility index (Phi) is 5.46. The maximum absolute atomic E-state index is 5.38. The summed E-state index contributed by atoms with van der Waals surface area (Å²) in [7, 11) is 1.65. The van der Waals surface area contributed by atoms with E-state index in [2.05, 4.69) is 25.3 Å². The molecule has 4 aromatic heterocycles. The minimum atomic E-state index is 0.500. The molecule has 10 heteroatoms. The van der Waals surface area contributed by atoms with Crippen LogP contribution in [-0.2, 0) is 5.75 Å². The van der Waals surface area contributed by atoms with Gasteiger partial charge in [-0.1, -0.05) is 23.0 Å². The summed E-state index contributed by atoms with van der Waals surface area (Å²) in [4.78, 5) is 9.53. The van der Waals surface area contributed by atoms with Crippen LogP contribution in [0, 0.1) is 0 Å². The molecule has 0 unspecified atom stereocenters. The molecule has 0 N–H and O–H groups in total. The second-order valence-electron chi connectivity index (χ2n) is 6.36. The van der Waals surface area contributed by atoms with Gasteiger partial charge in [0, 0.05) is 23.6 Å². The van der Waals surface area contributed by atoms with Gasteiger partial charge in [0.25, 0.3) is 5.89 Å². The average molecular weight is 449 g/mol. The Balaban J connectivity index is 1.46.